The van der Waals surface area contributed by atoms with E-state index in [2.05, 4.69) is 10.0 Å². The fraction of sp³-hybridized carbons (Fsp3) is 0.429. The van der Waals surface area contributed by atoms with Crippen molar-refractivity contribution in [3.63, 3.8) is 0 Å². The summed E-state index contributed by atoms with van der Waals surface area (Å²) in [6, 6.07) is 7.77. The van der Waals surface area contributed by atoms with Crippen molar-refractivity contribution in [3.05, 3.63) is 45.6 Å². The van der Waals surface area contributed by atoms with Crippen molar-refractivity contribution >= 4 is 61.3 Å². The molecule has 192 valence electrons. The Balaban J connectivity index is 1.75. The number of aliphatic hydroxyl groups excluding tert-OH is 1. The van der Waals surface area contributed by atoms with Gasteiger partial charge in [0.1, 0.15) is 12.6 Å². The third-order valence-corrected chi connectivity index (χ3v) is 8.56. The first-order valence-corrected chi connectivity index (χ1v) is 15.0. The molecule has 0 spiro atoms. The fourth-order valence-corrected chi connectivity index (χ4v) is 5.83. The molecule has 1 aliphatic rings. The van der Waals surface area contributed by atoms with Crippen molar-refractivity contribution in [2.24, 2.45) is 0 Å². The van der Waals surface area contributed by atoms with Crippen LogP contribution in [0.3, 0.4) is 0 Å². The summed E-state index contributed by atoms with van der Waals surface area (Å²) >= 11 is 6.89. The summed E-state index contributed by atoms with van der Waals surface area (Å²) in [6.07, 6.45) is 1.56. The molecule has 0 aliphatic carbocycles. The molecular formula is C21H26ClN3O7S3. The zero-order valence-electron chi connectivity index (χ0n) is 18.8. The highest BCUT2D eigenvalue weighted by atomic mass is 35.5. The number of carbonyl (C=O) groups is 2. The largest absolute Gasteiger partial charge is 0.463 e. The fourth-order valence-electron chi connectivity index (χ4n) is 3.33. The van der Waals surface area contributed by atoms with Crippen molar-refractivity contribution in [3.8, 4) is 0 Å². The molecule has 2 aromatic rings. The number of sulfonamides is 1. The van der Waals surface area contributed by atoms with Crippen molar-refractivity contribution in [2.45, 2.75) is 23.5 Å². The third kappa shape index (κ3) is 7.98. The lowest BCUT2D eigenvalue weighted by molar-refractivity contribution is -0.144. The number of amides is 1. The van der Waals surface area contributed by atoms with Crippen LogP contribution in [0, 0.1) is 0 Å². The first-order valence-electron chi connectivity index (χ1n) is 10.6. The first-order chi connectivity index (χ1) is 16.5. The molecular weight excluding hydrogens is 538 g/mol. The van der Waals surface area contributed by atoms with Crippen LogP contribution in [0.25, 0.3) is 0 Å². The predicted octanol–water partition coefficient (Wildman–Crippen LogP) is 0.971. The van der Waals surface area contributed by atoms with E-state index in [0.717, 1.165) is 11.3 Å². The molecule has 1 amide bonds. The quantitative estimate of drug-likeness (QED) is 0.343. The molecule has 1 unspecified atom stereocenters. The van der Waals surface area contributed by atoms with Gasteiger partial charge < -0.3 is 20.1 Å². The Hall–Kier alpha value is -2.03. The van der Waals surface area contributed by atoms with Crippen LogP contribution in [-0.4, -0.2) is 80.0 Å². The van der Waals surface area contributed by atoms with E-state index >= 15 is 0 Å². The molecule has 1 aliphatic heterocycles. The Labute approximate surface area is 215 Å². The van der Waals surface area contributed by atoms with E-state index in [1.165, 1.54) is 24.5 Å². The van der Waals surface area contributed by atoms with Crippen LogP contribution < -0.4 is 14.9 Å². The lowest BCUT2D eigenvalue weighted by Crippen LogP contribution is -2.49. The zero-order valence-corrected chi connectivity index (χ0v) is 22.0. The van der Waals surface area contributed by atoms with Gasteiger partial charge in [0.05, 0.1) is 26.0 Å². The monoisotopic (exact) mass is 563 g/mol. The Morgan fingerprint density at radius 2 is 2.11 bits per heavy atom. The average molecular weight is 564 g/mol. The number of aliphatic hydroxyl groups is 1. The molecule has 0 saturated carbocycles. The average Bonchev–Trinajstić information content (AvgIpc) is 3.44. The van der Waals surface area contributed by atoms with Gasteiger partial charge in [-0.2, -0.15) is 4.72 Å². The van der Waals surface area contributed by atoms with Crippen molar-refractivity contribution in [1.29, 1.82) is 0 Å². The second-order valence-corrected chi connectivity index (χ2v) is 12.8. The van der Waals surface area contributed by atoms with Gasteiger partial charge in [0.15, 0.2) is 0 Å². The summed E-state index contributed by atoms with van der Waals surface area (Å²) in [5, 5.41) is 12.3. The maximum atomic E-state index is 13.1. The van der Waals surface area contributed by atoms with Gasteiger partial charge in [-0.15, -0.1) is 11.3 Å². The Bertz CT molecular complexity index is 1190. The summed E-state index contributed by atoms with van der Waals surface area (Å²) in [4.78, 5) is 27.1. The highest BCUT2D eigenvalue weighted by Gasteiger charge is 2.29. The normalized spacial score (nSPS) is 17.7. The smallest absolute Gasteiger partial charge is 0.326 e. The summed E-state index contributed by atoms with van der Waals surface area (Å²) in [7, 11) is -5.39. The van der Waals surface area contributed by atoms with Crippen LogP contribution >= 0.6 is 22.9 Å². The van der Waals surface area contributed by atoms with E-state index in [-0.39, 0.29) is 23.8 Å². The van der Waals surface area contributed by atoms with E-state index < -0.39 is 44.8 Å². The highest BCUT2D eigenvalue weighted by Crippen LogP contribution is 2.24. The van der Waals surface area contributed by atoms with Gasteiger partial charge in [0, 0.05) is 42.4 Å². The molecule has 10 nitrogen and oxygen atoms in total. The molecule has 14 heteroatoms. The van der Waals surface area contributed by atoms with Gasteiger partial charge in [-0.25, -0.2) is 8.42 Å². The molecule has 35 heavy (non-hydrogen) atoms. The summed E-state index contributed by atoms with van der Waals surface area (Å²) in [5.41, 5.74) is 0.622. The van der Waals surface area contributed by atoms with Gasteiger partial charge in [0.2, 0.25) is 10.0 Å². The van der Waals surface area contributed by atoms with E-state index in [0.29, 0.717) is 34.4 Å². The number of β-amino-alcohol motifs (C(OH)–C–C–N with tert-alkyl or cyclic N) is 1. The zero-order chi connectivity index (χ0) is 25.6. The second-order valence-electron chi connectivity index (χ2n) is 7.82. The third-order valence-electron chi connectivity index (χ3n) is 5.12. The minimum absolute atomic E-state index is 0.0831. The van der Waals surface area contributed by atoms with Crippen LogP contribution in [0.4, 0.5) is 5.69 Å². The Morgan fingerprint density at radius 3 is 2.74 bits per heavy atom. The molecule has 3 atom stereocenters. The predicted molar refractivity (Wildman–Crippen MR) is 135 cm³/mol. The molecule has 1 aromatic carbocycles. The number of benzene rings is 1. The second kappa shape index (κ2) is 12.3. The number of halogens is 1. The number of carbonyl (C=O) groups excluding carboxylic acids is 2. The van der Waals surface area contributed by atoms with Gasteiger partial charge >= 0.3 is 5.97 Å². The minimum Gasteiger partial charge on any atom is -0.463 e. The van der Waals surface area contributed by atoms with Crippen LogP contribution in [0.2, 0.25) is 4.34 Å². The van der Waals surface area contributed by atoms with Crippen molar-refractivity contribution in [2.75, 3.05) is 43.1 Å². The van der Waals surface area contributed by atoms with Crippen LogP contribution in [0.5, 0.6) is 0 Å². The maximum absolute atomic E-state index is 13.1. The Kier molecular flexibility index (Phi) is 9.67. The first kappa shape index (κ1) is 27.6. The van der Waals surface area contributed by atoms with E-state index in [9.17, 15) is 27.3 Å². The summed E-state index contributed by atoms with van der Waals surface area (Å²) in [5.74, 6) is -1.35. The minimum atomic E-state index is -4.19. The number of hydrogen-bond donors (Lipinski definition) is 3. The number of nitrogens with zero attached hydrogens (tertiary/aromatic N) is 1. The number of rotatable bonds is 11. The summed E-state index contributed by atoms with van der Waals surface area (Å²) < 4.78 is 45.3. The van der Waals surface area contributed by atoms with Gasteiger partial charge in [0.25, 0.3) is 5.91 Å². The lowest BCUT2D eigenvalue weighted by atomic mass is 10.3. The molecule has 1 aromatic heterocycles. The molecule has 1 saturated heterocycles. The van der Waals surface area contributed by atoms with Crippen molar-refractivity contribution in [1.82, 2.24) is 10.0 Å². The topological polar surface area (TPSA) is 142 Å². The number of anilines is 1. The highest BCUT2D eigenvalue weighted by molar-refractivity contribution is 7.89. The van der Waals surface area contributed by atoms with Crippen LogP contribution in [0.1, 0.15) is 16.1 Å². The standard InChI is InChI=1S/C21H26ClN3O7S3/c1-34(29)10-9-32-21(28)17(12-23-20(27)18-5-6-19(22)33-18)24-35(30,31)16-4-2-3-14(11-16)25-8-7-15(26)13-25/h2-6,11,15,17,24,26H,7-10,12-13H2,1H3,(H,23,27)/t15-,17-,34?/m0/s1. The molecule has 3 N–H and O–H groups in total. The van der Waals surface area contributed by atoms with Gasteiger partial charge in [-0.1, -0.05) is 17.7 Å². The van der Waals surface area contributed by atoms with E-state index in [4.69, 9.17) is 16.3 Å². The van der Waals surface area contributed by atoms with Gasteiger partial charge in [-0.05, 0) is 36.8 Å². The van der Waals surface area contributed by atoms with E-state index in [1.54, 1.807) is 18.2 Å². The van der Waals surface area contributed by atoms with Crippen molar-refractivity contribution < 1.29 is 32.1 Å². The molecule has 0 radical (unpaired) electrons. The molecule has 3 rings (SSSR count). The number of nitrogens with one attached hydrogen (secondary N) is 2. The lowest BCUT2D eigenvalue weighted by Gasteiger charge is -2.20. The number of ether oxygens (including phenoxy) is 1. The van der Waals surface area contributed by atoms with E-state index in [1.807, 2.05) is 4.90 Å². The van der Waals surface area contributed by atoms with Crippen LogP contribution in [0.15, 0.2) is 41.3 Å². The number of thiophene rings is 1. The maximum Gasteiger partial charge on any atom is 0.326 e. The van der Waals surface area contributed by atoms with Crippen LogP contribution in [-0.2, 0) is 30.4 Å². The molecule has 2 heterocycles. The molecule has 1 fully saturated rings. The Morgan fingerprint density at radius 1 is 1.34 bits per heavy atom. The number of hydrogen-bond acceptors (Lipinski definition) is 9. The van der Waals surface area contributed by atoms with Gasteiger partial charge in [-0.3, -0.25) is 13.8 Å². The summed E-state index contributed by atoms with van der Waals surface area (Å²) in [6.45, 7) is 0.440. The number of esters is 1. The molecule has 0 bridgehead atoms. The SMILES string of the molecule is CS(=O)CCOC(=O)[C@H](CNC(=O)c1ccc(Cl)s1)NS(=O)(=O)c1cccc(N2CC[C@H](O)C2)c1.